The van der Waals surface area contributed by atoms with Crippen LogP contribution in [0.15, 0.2) is 71.6 Å². The van der Waals surface area contributed by atoms with Gasteiger partial charge in [-0.2, -0.15) is 4.31 Å². The minimum absolute atomic E-state index is 0.0233. The molecule has 1 fully saturated rings. The number of rotatable bonds is 11. The minimum atomic E-state index is -3.68. The Bertz CT molecular complexity index is 1500. The van der Waals surface area contributed by atoms with Crippen molar-refractivity contribution in [2.75, 3.05) is 32.9 Å². The van der Waals surface area contributed by atoms with E-state index in [0.717, 1.165) is 0 Å². The van der Waals surface area contributed by atoms with Crippen molar-refractivity contribution in [1.82, 2.24) is 14.5 Å². The Morgan fingerprint density at radius 2 is 1.71 bits per heavy atom. The Labute approximate surface area is 254 Å². The lowest BCUT2D eigenvalue weighted by atomic mass is 10.1. The number of nitrogens with zero attached hydrogens (tertiary/aromatic N) is 2. The van der Waals surface area contributed by atoms with E-state index in [4.69, 9.17) is 32.7 Å². The molecule has 0 spiro atoms. The van der Waals surface area contributed by atoms with Crippen molar-refractivity contribution in [1.29, 1.82) is 0 Å². The zero-order chi connectivity index (χ0) is 30.3. The number of amides is 2. The zero-order valence-corrected chi connectivity index (χ0v) is 25.1. The normalized spacial score (nSPS) is 14.7. The first kappa shape index (κ1) is 31.7. The highest BCUT2D eigenvalue weighted by molar-refractivity contribution is 7.89. The van der Waals surface area contributed by atoms with Crippen LogP contribution < -0.4 is 10.1 Å². The van der Waals surface area contributed by atoms with Gasteiger partial charge in [-0.15, -0.1) is 0 Å². The van der Waals surface area contributed by atoms with Gasteiger partial charge in [-0.1, -0.05) is 41.4 Å². The lowest BCUT2D eigenvalue weighted by Crippen LogP contribution is -2.48. The van der Waals surface area contributed by atoms with Crippen LogP contribution in [0.2, 0.25) is 10.0 Å². The van der Waals surface area contributed by atoms with Crippen LogP contribution in [0.4, 0.5) is 4.39 Å². The van der Waals surface area contributed by atoms with Crippen LogP contribution in [-0.2, 0) is 37.4 Å². The first-order valence-electron chi connectivity index (χ1n) is 13.1. The molecule has 1 atom stereocenters. The molecule has 2 amide bonds. The van der Waals surface area contributed by atoms with Gasteiger partial charge in [0.1, 0.15) is 17.6 Å². The number of benzene rings is 3. The molecular weight excluding hydrogens is 608 g/mol. The molecule has 1 heterocycles. The first-order chi connectivity index (χ1) is 20.0. The fourth-order valence-electron chi connectivity index (χ4n) is 4.24. The number of halogens is 3. The van der Waals surface area contributed by atoms with E-state index in [1.54, 1.807) is 25.1 Å². The molecule has 0 unspecified atom stereocenters. The van der Waals surface area contributed by atoms with Gasteiger partial charge in [-0.05, 0) is 66.6 Å². The number of hydrogen-bond donors (Lipinski definition) is 1. The highest BCUT2D eigenvalue weighted by atomic mass is 35.5. The third-order valence-corrected chi connectivity index (χ3v) is 9.20. The lowest BCUT2D eigenvalue weighted by molar-refractivity contribution is -0.142. The molecule has 13 heteroatoms. The van der Waals surface area contributed by atoms with E-state index in [0.29, 0.717) is 34.4 Å². The predicted molar refractivity (Wildman–Crippen MR) is 156 cm³/mol. The Kier molecular flexibility index (Phi) is 10.8. The maximum atomic E-state index is 13.5. The van der Waals surface area contributed by atoms with E-state index in [2.05, 4.69) is 5.32 Å². The van der Waals surface area contributed by atoms with Gasteiger partial charge in [0, 0.05) is 36.2 Å². The molecule has 0 radical (unpaired) electrons. The van der Waals surface area contributed by atoms with Crippen LogP contribution in [0.3, 0.4) is 0 Å². The van der Waals surface area contributed by atoms with Gasteiger partial charge in [-0.25, -0.2) is 12.8 Å². The van der Waals surface area contributed by atoms with Crippen LogP contribution in [0.25, 0.3) is 0 Å². The summed E-state index contributed by atoms with van der Waals surface area (Å²) in [7, 11) is -3.68. The summed E-state index contributed by atoms with van der Waals surface area (Å²) in [5.74, 6) is -1.09. The summed E-state index contributed by atoms with van der Waals surface area (Å²) in [5, 5.41) is 3.64. The second-order valence-corrected chi connectivity index (χ2v) is 12.3. The zero-order valence-electron chi connectivity index (χ0n) is 22.8. The summed E-state index contributed by atoms with van der Waals surface area (Å²) >= 11 is 12.2. The van der Waals surface area contributed by atoms with E-state index in [9.17, 15) is 22.4 Å². The fraction of sp³-hybridized carbons (Fsp3) is 0.310. The monoisotopic (exact) mass is 637 g/mol. The third kappa shape index (κ3) is 8.20. The molecule has 3 aromatic rings. The second-order valence-electron chi connectivity index (χ2n) is 9.55. The number of sulfonamides is 1. The highest BCUT2D eigenvalue weighted by Gasteiger charge is 2.28. The van der Waals surface area contributed by atoms with Crippen molar-refractivity contribution in [3.8, 4) is 5.75 Å². The average molecular weight is 639 g/mol. The molecule has 1 aliphatic rings. The molecule has 224 valence electrons. The van der Waals surface area contributed by atoms with Gasteiger partial charge < -0.3 is 19.7 Å². The quantitative estimate of drug-likeness (QED) is 0.337. The highest BCUT2D eigenvalue weighted by Crippen LogP contribution is 2.22. The van der Waals surface area contributed by atoms with Crippen LogP contribution in [-0.4, -0.2) is 68.4 Å². The SMILES string of the molecule is C[C@@H](C(=O)NCc1ccc(Cl)cc1Cl)N(Cc1ccc(F)cc1)C(=O)COc1ccc(S(=O)(=O)N2CCOCC2)cc1. The van der Waals surface area contributed by atoms with E-state index in [1.807, 2.05) is 0 Å². The smallest absolute Gasteiger partial charge is 0.261 e. The van der Waals surface area contributed by atoms with E-state index in [-0.39, 0.29) is 36.8 Å². The van der Waals surface area contributed by atoms with Crippen LogP contribution >= 0.6 is 23.2 Å². The van der Waals surface area contributed by atoms with E-state index >= 15 is 0 Å². The molecule has 1 saturated heterocycles. The van der Waals surface area contributed by atoms with Gasteiger partial charge in [0.15, 0.2) is 6.61 Å². The van der Waals surface area contributed by atoms with Crippen LogP contribution in [0.1, 0.15) is 18.1 Å². The predicted octanol–water partition coefficient (Wildman–Crippen LogP) is 4.27. The van der Waals surface area contributed by atoms with E-state index in [1.165, 1.54) is 57.7 Å². The average Bonchev–Trinajstić information content (AvgIpc) is 2.99. The van der Waals surface area contributed by atoms with Crippen molar-refractivity contribution < 1.29 is 31.9 Å². The van der Waals surface area contributed by atoms with E-state index < -0.39 is 40.3 Å². The summed E-state index contributed by atoms with van der Waals surface area (Å²) in [4.78, 5) is 27.8. The topological polar surface area (TPSA) is 105 Å². The summed E-state index contributed by atoms with van der Waals surface area (Å²) < 4.78 is 51.4. The molecular formula is C29H30Cl2FN3O6S. The first-order valence-corrected chi connectivity index (χ1v) is 15.3. The number of morpholine rings is 1. The molecule has 4 rings (SSSR count). The van der Waals surface area contributed by atoms with Crippen molar-refractivity contribution in [2.45, 2.75) is 31.0 Å². The molecule has 3 aromatic carbocycles. The molecule has 0 aliphatic carbocycles. The van der Waals surface area contributed by atoms with Gasteiger partial charge >= 0.3 is 0 Å². The molecule has 0 bridgehead atoms. The summed E-state index contributed by atoms with van der Waals surface area (Å²) in [6.45, 7) is 2.52. The number of ether oxygens (including phenoxy) is 2. The van der Waals surface area contributed by atoms with Gasteiger partial charge in [-0.3, -0.25) is 9.59 Å². The van der Waals surface area contributed by atoms with Crippen molar-refractivity contribution >= 4 is 45.0 Å². The maximum Gasteiger partial charge on any atom is 0.261 e. The summed E-state index contributed by atoms with van der Waals surface area (Å²) in [5.41, 5.74) is 1.27. The molecule has 1 N–H and O–H groups in total. The number of hydrogen-bond acceptors (Lipinski definition) is 6. The molecule has 42 heavy (non-hydrogen) atoms. The van der Waals surface area contributed by atoms with Crippen LogP contribution in [0.5, 0.6) is 5.75 Å². The van der Waals surface area contributed by atoms with Crippen molar-refractivity contribution in [2.24, 2.45) is 0 Å². The molecule has 9 nitrogen and oxygen atoms in total. The number of nitrogens with one attached hydrogen (secondary N) is 1. The van der Waals surface area contributed by atoms with Crippen molar-refractivity contribution in [3.63, 3.8) is 0 Å². The van der Waals surface area contributed by atoms with Gasteiger partial charge in [0.25, 0.3) is 5.91 Å². The van der Waals surface area contributed by atoms with Gasteiger partial charge in [0.05, 0.1) is 18.1 Å². The summed E-state index contributed by atoms with van der Waals surface area (Å²) in [6.07, 6.45) is 0. The third-order valence-electron chi connectivity index (χ3n) is 6.70. The molecule has 0 aromatic heterocycles. The second kappa shape index (κ2) is 14.3. The Balaban J connectivity index is 1.43. The summed E-state index contributed by atoms with van der Waals surface area (Å²) in [6, 6.07) is 15.4. The standard InChI is InChI=1S/C29H30Cl2FN3O6S/c1-20(29(37)33-17-22-4-5-23(30)16-27(22)31)35(18-21-2-6-24(32)7-3-21)28(36)19-41-25-8-10-26(11-9-25)42(38,39)34-12-14-40-15-13-34/h2-11,16,20H,12-15,17-19H2,1H3,(H,33,37)/t20-/m0/s1. The number of carbonyl (C=O) groups excluding carboxylic acids is 2. The Hall–Kier alpha value is -3.22. The number of carbonyl (C=O) groups is 2. The van der Waals surface area contributed by atoms with Gasteiger partial charge in [0.2, 0.25) is 15.9 Å². The largest absolute Gasteiger partial charge is 0.484 e. The molecule has 0 saturated carbocycles. The van der Waals surface area contributed by atoms with Crippen molar-refractivity contribution in [3.05, 3.63) is 93.7 Å². The minimum Gasteiger partial charge on any atom is -0.484 e. The van der Waals surface area contributed by atoms with Crippen LogP contribution in [0, 0.1) is 5.82 Å². The Morgan fingerprint density at radius 1 is 1.05 bits per heavy atom. The lowest BCUT2D eigenvalue weighted by Gasteiger charge is -2.29. The Morgan fingerprint density at radius 3 is 2.36 bits per heavy atom. The molecule has 1 aliphatic heterocycles. The fourth-order valence-corrected chi connectivity index (χ4v) is 6.12. The maximum absolute atomic E-state index is 13.5.